The van der Waals surface area contributed by atoms with Crippen LogP contribution >= 0.6 is 46.5 Å². The van der Waals surface area contributed by atoms with Crippen LogP contribution in [0.4, 0.5) is 0 Å². The van der Waals surface area contributed by atoms with E-state index in [1.54, 1.807) is 24.5 Å². The predicted molar refractivity (Wildman–Crippen MR) is 106 cm³/mol. The van der Waals surface area contributed by atoms with Gasteiger partial charge in [-0.2, -0.15) is 9.64 Å². The van der Waals surface area contributed by atoms with Gasteiger partial charge in [0.1, 0.15) is 15.8 Å². The van der Waals surface area contributed by atoms with Gasteiger partial charge in [0.05, 0.1) is 0 Å². The Balaban J connectivity index is 1.86. The van der Waals surface area contributed by atoms with Crippen LogP contribution in [0.25, 0.3) is 17.1 Å². The van der Waals surface area contributed by atoms with Gasteiger partial charge in [-0.1, -0.05) is 23.2 Å². The molecule has 0 aliphatic rings. The fourth-order valence-electron chi connectivity index (χ4n) is 2.35. The Kier molecular flexibility index (Phi) is 5.09. The third-order valence-electron chi connectivity index (χ3n) is 3.57. The molecule has 27 heavy (non-hydrogen) atoms. The number of halogens is 2. The van der Waals surface area contributed by atoms with Crippen molar-refractivity contribution >= 4 is 46.5 Å². The van der Waals surface area contributed by atoms with E-state index < -0.39 is 0 Å². The van der Waals surface area contributed by atoms with Gasteiger partial charge in [-0.05, 0) is 59.7 Å². The van der Waals surface area contributed by atoms with Crippen LogP contribution in [0.15, 0.2) is 58.2 Å². The number of hydrogen-bond donors (Lipinski definition) is 0. The van der Waals surface area contributed by atoms with Gasteiger partial charge >= 0.3 is 0 Å². The second-order valence-corrected chi connectivity index (χ2v) is 8.01. The highest BCUT2D eigenvalue weighted by atomic mass is 35.5. The summed E-state index contributed by atoms with van der Waals surface area (Å²) in [5.74, 6) is 0.649. The van der Waals surface area contributed by atoms with Crippen LogP contribution in [0.3, 0.4) is 0 Å². The van der Waals surface area contributed by atoms with E-state index in [9.17, 15) is 5.26 Å². The summed E-state index contributed by atoms with van der Waals surface area (Å²) in [4.78, 5) is 4.05. The molecule has 0 radical (unpaired) electrons. The minimum Gasteiger partial charge on any atom is -0.270 e. The molecule has 0 aliphatic carbocycles. The molecular formula is C17H8Cl2N6S2. The lowest BCUT2D eigenvalue weighted by Gasteiger charge is -2.10. The van der Waals surface area contributed by atoms with E-state index in [1.165, 1.54) is 11.8 Å². The van der Waals surface area contributed by atoms with Gasteiger partial charge in [0.2, 0.25) is 5.16 Å². The highest BCUT2D eigenvalue weighted by Gasteiger charge is 2.20. The summed E-state index contributed by atoms with van der Waals surface area (Å²) in [5, 5.41) is 19.4. The minimum absolute atomic E-state index is 0.192. The Bertz CT molecular complexity index is 1130. The monoisotopic (exact) mass is 430 g/mol. The zero-order valence-electron chi connectivity index (χ0n) is 13.4. The number of nitriles is 1. The lowest BCUT2D eigenvalue weighted by molar-refractivity contribution is 0.887. The number of rotatable bonds is 4. The van der Waals surface area contributed by atoms with Crippen LogP contribution in [0.1, 0.15) is 5.56 Å². The molecule has 0 bridgehead atoms. The van der Waals surface area contributed by atoms with Crippen molar-refractivity contribution in [2.45, 2.75) is 9.37 Å². The van der Waals surface area contributed by atoms with Crippen LogP contribution in [0.2, 0.25) is 10.2 Å². The zero-order chi connectivity index (χ0) is 18.8. The molecule has 0 fully saturated rings. The van der Waals surface area contributed by atoms with Crippen molar-refractivity contribution in [1.29, 1.82) is 5.26 Å². The van der Waals surface area contributed by atoms with Crippen LogP contribution < -0.4 is 0 Å². The Morgan fingerprint density at radius 3 is 2.48 bits per heavy atom. The zero-order valence-corrected chi connectivity index (χ0v) is 16.5. The van der Waals surface area contributed by atoms with Crippen LogP contribution in [-0.4, -0.2) is 24.1 Å². The normalized spacial score (nSPS) is 10.7. The van der Waals surface area contributed by atoms with Gasteiger partial charge in [0.15, 0.2) is 11.0 Å². The van der Waals surface area contributed by atoms with Crippen molar-refractivity contribution < 1.29 is 0 Å². The molecule has 0 unspecified atom stereocenters. The van der Waals surface area contributed by atoms with Gasteiger partial charge in [0, 0.05) is 28.7 Å². The van der Waals surface area contributed by atoms with Crippen molar-refractivity contribution in [3.63, 3.8) is 0 Å². The third kappa shape index (κ3) is 3.55. The molecule has 10 heteroatoms. The Labute approximate surface area is 172 Å². The molecule has 0 amide bonds. The first-order valence-corrected chi connectivity index (χ1v) is 9.87. The molecule has 1 aromatic carbocycles. The van der Waals surface area contributed by atoms with E-state index in [0.29, 0.717) is 25.8 Å². The number of nitrogens with zero attached hydrogens (tertiary/aromatic N) is 6. The molecule has 0 aliphatic heterocycles. The summed E-state index contributed by atoms with van der Waals surface area (Å²) in [7, 11) is 0. The van der Waals surface area contributed by atoms with Crippen LogP contribution in [-0.2, 0) is 0 Å². The lowest BCUT2D eigenvalue weighted by Crippen LogP contribution is -1.99. The average molecular weight is 431 g/mol. The molecule has 0 saturated carbocycles. The largest absolute Gasteiger partial charge is 0.270 e. The fourth-order valence-corrected chi connectivity index (χ4v) is 4.57. The Morgan fingerprint density at radius 1 is 1.04 bits per heavy atom. The van der Waals surface area contributed by atoms with Crippen molar-refractivity contribution in [3.05, 3.63) is 64.5 Å². The molecule has 4 aromatic rings. The number of benzene rings is 1. The molecule has 0 atom stereocenters. The van der Waals surface area contributed by atoms with E-state index in [4.69, 9.17) is 23.2 Å². The molecule has 3 heterocycles. The SMILES string of the molecule is N#Cc1c(Cl)nsc1Sc1nnc(-c2ccncc2)n1-c1ccc(Cl)cc1. The summed E-state index contributed by atoms with van der Waals surface area (Å²) in [5.41, 5.74) is 2.04. The molecule has 132 valence electrons. The first kappa shape index (κ1) is 17.9. The van der Waals surface area contributed by atoms with Crippen LogP contribution in [0.5, 0.6) is 0 Å². The number of hydrogen-bond acceptors (Lipinski definition) is 7. The maximum Gasteiger partial charge on any atom is 0.201 e. The van der Waals surface area contributed by atoms with Crippen molar-refractivity contribution in [2.75, 3.05) is 0 Å². The van der Waals surface area contributed by atoms with Gasteiger partial charge in [0.25, 0.3) is 0 Å². The molecule has 0 saturated heterocycles. The molecular weight excluding hydrogens is 423 g/mol. The van der Waals surface area contributed by atoms with E-state index in [2.05, 4.69) is 25.6 Å². The summed E-state index contributed by atoms with van der Waals surface area (Å²) in [6.07, 6.45) is 3.39. The van der Waals surface area contributed by atoms with Gasteiger partial charge in [-0.15, -0.1) is 10.2 Å². The third-order valence-corrected chi connectivity index (χ3v) is 6.15. The Hall–Kier alpha value is -2.44. The number of pyridine rings is 1. The topological polar surface area (TPSA) is 80.3 Å². The smallest absolute Gasteiger partial charge is 0.201 e. The van der Waals surface area contributed by atoms with Gasteiger partial charge < -0.3 is 0 Å². The lowest BCUT2D eigenvalue weighted by atomic mass is 10.2. The second-order valence-electron chi connectivity index (χ2n) is 5.20. The minimum atomic E-state index is 0.192. The van der Waals surface area contributed by atoms with Gasteiger partial charge in [-0.25, -0.2) is 0 Å². The van der Waals surface area contributed by atoms with E-state index in [0.717, 1.165) is 22.8 Å². The van der Waals surface area contributed by atoms with Crippen molar-refractivity contribution in [1.82, 2.24) is 24.1 Å². The first-order valence-electron chi connectivity index (χ1n) is 7.52. The summed E-state index contributed by atoms with van der Waals surface area (Å²) in [6.45, 7) is 0. The number of aromatic nitrogens is 5. The summed E-state index contributed by atoms with van der Waals surface area (Å²) < 4.78 is 6.60. The summed E-state index contributed by atoms with van der Waals surface area (Å²) in [6, 6.07) is 13.1. The molecule has 0 N–H and O–H groups in total. The average Bonchev–Trinajstić information content (AvgIpc) is 3.27. The highest BCUT2D eigenvalue weighted by molar-refractivity contribution is 8.01. The second kappa shape index (κ2) is 7.66. The first-order chi connectivity index (χ1) is 13.2. The maximum atomic E-state index is 9.32. The maximum absolute atomic E-state index is 9.32. The molecule has 6 nitrogen and oxygen atoms in total. The predicted octanol–water partition coefficient (Wildman–Crippen LogP) is 5.12. The molecule has 0 spiro atoms. The fraction of sp³-hybridized carbons (Fsp3) is 0. The summed E-state index contributed by atoms with van der Waals surface area (Å²) >= 11 is 14.5. The van der Waals surface area contributed by atoms with E-state index in [1.807, 2.05) is 28.8 Å². The molecule has 3 aromatic heterocycles. The van der Waals surface area contributed by atoms with Crippen molar-refractivity contribution in [3.8, 4) is 23.1 Å². The highest BCUT2D eigenvalue weighted by Crippen LogP contribution is 2.38. The van der Waals surface area contributed by atoms with Crippen molar-refractivity contribution in [2.24, 2.45) is 0 Å². The van der Waals surface area contributed by atoms with Crippen LogP contribution in [0, 0.1) is 11.3 Å². The standard InChI is InChI=1S/C17H8Cl2N6S2/c18-11-1-3-12(4-2-11)25-15(10-5-7-21-8-6-10)22-23-17(25)26-16-13(9-20)14(19)24-27-16/h1-8H. The van der Waals surface area contributed by atoms with Gasteiger partial charge in [-0.3, -0.25) is 9.55 Å². The Morgan fingerprint density at radius 2 is 1.78 bits per heavy atom. The quantitative estimate of drug-likeness (QED) is 0.447. The molecule has 4 rings (SSSR count). The van der Waals surface area contributed by atoms with E-state index >= 15 is 0 Å². The van der Waals surface area contributed by atoms with E-state index in [-0.39, 0.29) is 5.15 Å².